The maximum Gasteiger partial charge on any atom is 0.351 e. The van der Waals surface area contributed by atoms with Gasteiger partial charge in [-0.15, -0.1) is 0 Å². The molecule has 1 unspecified atom stereocenters. The fourth-order valence-corrected chi connectivity index (χ4v) is 7.50. The van der Waals surface area contributed by atoms with Crippen molar-refractivity contribution < 1.29 is 28.0 Å². The van der Waals surface area contributed by atoms with E-state index >= 15 is 0 Å². The molecule has 0 aliphatic carbocycles. The molecule has 1 aromatic heterocycles. The van der Waals surface area contributed by atoms with Gasteiger partial charge in [-0.25, -0.2) is 9.46 Å². The van der Waals surface area contributed by atoms with E-state index in [0.29, 0.717) is 31.0 Å². The highest BCUT2D eigenvalue weighted by Gasteiger charge is 2.44. The van der Waals surface area contributed by atoms with Crippen molar-refractivity contribution >= 4 is 14.3 Å². The molecule has 0 amide bonds. The van der Waals surface area contributed by atoms with Crippen molar-refractivity contribution in [2.75, 3.05) is 46.3 Å². The van der Waals surface area contributed by atoms with E-state index in [1.165, 1.54) is 4.57 Å². The Labute approximate surface area is 294 Å². The van der Waals surface area contributed by atoms with E-state index in [1.54, 1.807) is 26.5 Å². The molecule has 0 saturated carbocycles. The van der Waals surface area contributed by atoms with Gasteiger partial charge in [0.2, 0.25) is 0 Å². The minimum absolute atomic E-state index is 0.0743. The third-order valence-corrected chi connectivity index (χ3v) is 10.5. The van der Waals surface area contributed by atoms with Gasteiger partial charge in [-0.1, -0.05) is 68.4 Å². The Morgan fingerprint density at radius 3 is 2.10 bits per heavy atom. The van der Waals surface area contributed by atoms with E-state index in [-0.39, 0.29) is 25.5 Å². The third kappa shape index (κ3) is 8.33. The summed E-state index contributed by atoms with van der Waals surface area (Å²) in [5, 5.41) is 9.18. The zero-order chi connectivity index (χ0) is 35.5. The number of hydrogen-bond acceptors (Lipinski definition) is 11. The Balaban J connectivity index is 1.57. The van der Waals surface area contributed by atoms with Gasteiger partial charge in [0.05, 0.1) is 46.0 Å². The SMILES string of the molecule is CCN(CC)P(OCCC#N)O[C@H]1C[C@H](n2ccc(N)nc2=O)O[C@@H]1COC(c1ccccc1)(c1ccc(OC)cc1)c1ccc(OC)cc1. The molecular formula is C37H44N5O7P. The number of rotatable bonds is 17. The van der Waals surface area contributed by atoms with Crippen LogP contribution >= 0.6 is 8.53 Å². The average Bonchev–Trinajstić information content (AvgIpc) is 3.55. The van der Waals surface area contributed by atoms with Gasteiger partial charge in [-0.3, -0.25) is 4.57 Å². The lowest BCUT2D eigenvalue weighted by atomic mass is 9.80. The van der Waals surface area contributed by atoms with Crippen LogP contribution in [0.5, 0.6) is 11.5 Å². The Morgan fingerprint density at radius 2 is 1.56 bits per heavy atom. The van der Waals surface area contributed by atoms with Gasteiger partial charge in [-0.2, -0.15) is 10.2 Å². The molecule has 1 aliphatic heterocycles. The van der Waals surface area contributed by atoms with Crippen LogP contribution in [0.4, 0.5) is 5.82 Å². The van der Waals surface area contributed by atoms with Crippen LogP contribution in [0, 0.1) is 11.3 Å². The van der Waals surface area contributed by atoms with E-state index in [2.05, 4.69) is 15.7 Å². The van der Waals surface area contributed by atoms with E-state index in [9.17, 15) is 10.1 Å². The summed E-state index contributed by atoms with van der Waals surface area (Å²) in [6.07, 6.45) is 0.257. The molecule has 0 spiro atoms. The lowest BCUT2D eigenvalue weighted by molar-refractivity contribution is -0.0923. The van der Waals surface area contributed by atoms with Crippen molar-refractivity contribution in [1.82, 2.24) is 14.2 Å². The maximum atomic E-state index is 13.0. The van der Waals surface area contributed by atoms with Crippen molar-refractivity contribution in [3.8, 4) is 17.6 Å². The summed E-state index contributed by atoms with van der Waals surface area (Å²) in [6.45, 7) is 5.72. The third-order valence-electron chi connectivity index (χ3n) is 8.58. The summed E-state index contributed by atoms with van der Waals surface area (Å²) < 4.78 is 41.1. The molecule has 1 saturated heterocycles. The van der Waals surface area contributed by atoms with E-state index in [1.807, 2.05) is 92.7 Å². The predicted molar refractivity (Wildman–Crippen MR) is 191 cm³/mol. The van der Waals surface area contributed by atoms with Gasteiger partial charge < -0.3 is 33.7 Å². The second-order valence-electron chi connectivity index (χ2n) is 11.5. The molecular weight excluding hydrogens is 657 g/mol. The van der Waals surface area contributed by atoms with E-state index in [4.69, 9.17) is 33.7 Å². The van der Waals surface area contributed by atoms with E-state index in [0.717, 1.165) is 16.7 Å². The normalized spacial score (nSPS) is 18.1. The van der Waals surface area contributed by atoms with Gasteiger partial charge in [0.1, 0.15) is 35.2 Å². The number of anilines is 1. The summed E-state index contributed by atoms with van der Waals surface area (Å²) in [4.78, 5) is 16.9. The van der Waals surface area contributed by atoms with Gasteiger partial charge >= 0.3 is 5.69 Å². The van der Waals surface area contributed by atoms with Crippen LogP contribution in [0.25, 0.3) is 0 Å². The second-order valence-corrected chi connectivity index (χ2v) is 13.0. The van der Waals surface area contributed by atoms with E-state index < -0.39 is 38.3 Å². The average molecular weight is 702 g/mol. The topological polar surface area (TPSA) is 143 Å². The molecule has 5 rings (SSSR count). The molecule has 4 aromatic rings. The molecule has 264 valence electrons. The molecule has 2 N–H and O–H groups in total. The van der Waals surface area contributed by atoms with Gasteiger partial charge in [0.25, 0.3) is 8.53 Å². The molecule has 0 radical (unpaired) electrons. The molecule has 0 bridgehead atoms. The van der Waals surface area contributed by atoms with Crippen LogP contribution in [-0.2, 0) is 24.1 Å². The molecule has 1 aliphatic rings. The van der Waals surface area contributed by atoms with Crippen molar-refractivity contribution in [1.29, 1.82) is 5.26 Å². The number of nitrogens with zero attached hydrogens (tertiary/aromatic N) is 4. The van der Waals surface area contributed by atoms with Crippen molar-refractivity contribution in [3.63, 3.8) is 0 Å². The molecule has 50 heavy (non-hydrogen) atoms. The van der Waals surface area contributed by atoms with Crippen LogP contribution in [0.1, 0.15) is 49.6 Å². The van der Waals surface area contributed by atoms with Crippen LogP contribution in [0.3, 0.4) is 0 Å². The maximum absolute atomic E-state index is 13.0. The molecule has 13 heteroatoms. The van der Waals surface area contributed by atoms with Crippen LogP contribution < -0.4 is 20.9 Å². The molecule has 4 atom stereocenters. The number of nitriles is 1. The first kappa shape index (κ1) is 36.9. The fourth-order valence-electron chi connectivity index (χ4n) is 5.98. The quantitative estimate of drug-likeness (QED) is 0.0784. The summed E-state index contributed by atoms with van der Waals surface area (Å²) in [7, 11) is 1.70. The minimum atomic E-state index is -1.56. The first-order chi connectivity index (χ1) is 24.4. The molecule has 12 nitrogen and oxygen atoms in total. The first-order valence-corrected chi connectivity index (χ1v) is 17.7. The number of benzene rings is 3. The van der Waals surface area contributed by atoms with Gasteiger partial charge in [0, 0.05) is 25.7 Å². The van der Waals surface area contributed by atoms with Crippen LogP contribution in [0.2, 0.25) is 0 Å². The Bertz CT molecular complexity index is 1700. The summed E-state index contributed by atoms with van der Waals surface area (Å²) in [6, 6.07) is 29.3. The Morgan fingerprint density at radius 1 is 0.960 bits per heavy atom. The van der Waals surface area contributed by atoms with Crippen LogP contribution in [-0.4, -0.2) is 67.0 Å². The largest absolute Gasteiger partial charge is 0.497 e. The lowest BCUT2D eigenvalue weighted by Crippen LogP contribution is -2.38. The highest BCUT2D eigenvalue weighted by Crippen LogP contribution is 2.48. The monoisotopic (exact) mass is 701 g/mol. The molecule has 2 heterocycles. The fraction of sp³-hybridized carbons (Fsp3) is 0.378. The number of methoxy groups -OCH3 is 2. The molecule has 3 aromatic carbocycles. The van der Waals surface area contributed by atoms with Crippen LogP contribution in [0.15, 0.2) is 95.9 Å². The smallest absolute Gasteiger partial charge is 0.351 e. The highest BCUT2D eigenvalue weighted by molar-refractivity contribution is 7.44. The zero-order valence-electron chi connectivity index (χ0n) is 28.8. The van der Waals surface area contributed by atoms with Crippen molar-refractivity contribution in [2.24, 2.45) is 0 Å². The number of nitrogens with two attached hydrogens (primary N) is 1. The van der Waals surface area contributed by atoms with Crippen molar-refractivity contribution in [3.05, 3.63) is 118 Å². The Kier molecular flexibility index (Phi) is 13.0. The number of nitrogen functional groups attached to an aromatic ring is 1. The minimum Gasteiger partial charge on any atom is -0.497 e. The highest BCUT2D eigenvalue weighted by atomic mass is 31.2. The summed E-state index contributed by atoms with van der Waals surface area (Å²) in [5.74, 6) is 1.55. The molecule has 1 fully saturated rings. The summed E-state index contributed by atoms with van der Waals surface area (Å²) >= 11 is 0. The van der Waals surface area contributed by atoms with Gasteiger partial charge in [0.15, 0.2) is 0 Å². The van der Waals surface area contributed by atoms with Gasteiger partial charge in [-0.05, 0) is 47.0 Å². The number of aromatic nitrogens is 2. The number of ether oxygens (including phenoxy) is 4. The first-order valence-electron chi connectivity index (χ1n) is 16.6. The van der Waals surface area contributed by atoms with Crippen molar-refractivity contribution in [2.45, 2.75) is 50.7 Å². The Hall–Kier alpha value is -4.34. The lowest BCUT2D eigenvalue weighted by Gasteiger charge is -2.37. The zero-order valence-corrected chi connectivity index (χ0v) is 29.7. The summed E-state index contributed by atoms with van der Waals surface area (Å²) in [5.41, 5.74) is 6.80. The predicted octanol–water partition coefficient (Wildman–Crippen LogP) is 6.02. The standard InChI is InChI=1S/C37H44N5O7P/c1-5-41(6-2)50(47-24-10-22-38)49-32-25-35(42-23-21-34(39)40-36(42)43)48-33(32)26-46-37(27-11-8-7-9-12-27,28-13-17-30(44-3)18-14-28)29-15-19-31(45-4)20-16-29/h7-9,11-21,23,32-33,35H,5-6,10,24-26H2,1-4H3,(H2,39,40,43)/t32-,33+,35+,50?/m0/s1. The number of hydrogen-bond donors (Lipinski definition) is 1. The second kappa shape index (κ2) is 17.5.